The Balaban J connectivity index is 1.83. The van der Waals surface area contributed by atoms with Crippen LogP contribution in [-0.2, 0) is 9.53 Å². The third kappa shape index (κ3) is 4.38. The molecule has 0 aliphatic carbocycles. The molecule has 0 spiro atoms. The average Bonchev–Trinajstić information content (AvgIpc) is 2.99. The van der Waals surface area contributed by atoms with Gasteiger partial charge in [0.2, 0.25) is 0 Å². The molecule has 114 valence electrons. The molecule has 1 aliphatic rings. The van der Waals surface area contributed by atoms with Crippen LogP contribution in [0, 0.1) is 0 Å². The van der Waals surface area contributed by atoms with E-state index in [1.807, 2.05) is 0 Å². The Morgan fingerprint density at radius 2 is 1.95 bits per heavy atom. The van der Waals surface area contributed by atoms with E-state index in [0.717, 1.165) is 6.42 Å². The molecular weight excluding hydrogens is 286 g/mol. The minimum Gasteiger partial charge on any atom is -0.435 e. The number of rotatable bonds is 4. The maximum Gasteiger partial charge on any atom is 0.387 e. The van der Waals surface area contributed by atoms with Crippen molar-refractivity contribution in [2.45, 2.75) is 25.6 Å². The second-order valence-electron chi connectivity index (χ2n) is 4.35. The summed E-state index contributed by atoms with van der Waals surface area (Å²) in [5.41, 5.74) is 4.68. The molecule has 2 N–H and O–H groups in total. The number of carbonyl (C=O) groups excluding carboxylic acids is 2. The van der Waals surface area contributed by atoms with Gasteiger partial charge in [-0.05, 0) is 37.1 Å². The van der Waals surface area contributed by atoms with Crippen LogP contribution in [0.15, 0.2) is 24.3 Å². The molecule has 2 rings (SSSR count). The molecule has 0 aromatic heterocycles. The number of amides is 2. The van der Waals surface area contributed by atoms with E-state index < -0.39 is 24.5 Å². The van der Waals surface area contributed by atoms with Crippen LogP contribution in [0.25, 0.3) is 0 Å². The van der Waals surface area contributed by atoms with E-state index in [4.69, 9.17) is 4.74 Å². The van der Waals surface area contributed by atoms with Gasteiger partial charge in [-0.15, -0.1) is 0 Å². The zero-order valence-electron chi connectivity index (χ0n) is 11.0. The molecule has 2 amide bonds. The van der Waals surface area contributed by atoms with Crippen molar-refractivity contribution in [2.75, 3.05) is 6.61 Å². The van der Waals surface area contributed by atoms with Crippen LogP contribution in [0.4, 0.5) is 8.78 Å². The summed E-state index contributed by atoms with van der Waals surface area (Å²) >= 11 is 0. The van der Waals surface area contributed by atoms with Crippen LogP contribution in [-0.4, -0.2) is 31.1 Å². The fourth-order valence-electron chi connectivity index (χ4n) is 1.84. The standard InChI is InChI=1S/C13H14F2N2O4/c14-13(15)21-9-5-3-8(4-6-9)11(18)16-17-12(19)10-2-1-7-20-10/h3-6,10,13H,1-2,7H2,(H,16,18)(H,17,19). The van der Waals surface area contributed by atoms with Crippen LogP contribution < -0.4 is 15.6 Å². The summed E-state index contributed by atoms with van der Waals surface area (Å²) in [5.74, 6) is -1.03. The van der Waals surface area contributed by atoms with Crippen molar-refractivity contribution in [2.24, 2.45) is 0 Å². The lowest BCUT2D eigenvalue weighted by molar-refractivity contribution is -0.130. The predicted octanol–water partition coefficient (Wildman–Crippen LogP) is 1.23. The summed E-state index contributed by atoms with van der Waals surface area (Å²) in [6.07, 6.45) is 0.867. The maximum atomic E-state index is 12.0. The van der Waals surface area contributed by atoms with Gasteiger partial charge in [0.1, 0.15) is 11.9 Å². The first-order chi connectivity index (χ1) is 10.1. The second-order valence-corrected chi connectivity index (χ2v) is 4.35. The molecule has 1 saturated heterocycles. The van der Waals surface area contributed by atoms with Crippen molar-refractivity contribution in [1.82, 2.24) is 10.9 Å². The summed E-state index contributed by atoms with van der Waals surface area (Å²) in [6, 6.07) is 5.10. The number of nitrogens with one attached hydrogen (secondary N) is 2. The lowest BCUT2D eigenvalue weighted by atomic mass is 10.2. The summed E-state index contributed by atoms with van der Waals surface area (Å²) < 4.78 is 33.3. The highest BCUT2D eigenvalue weighted by molar-refractivity contribution is 5.95. The van der Waals surface area contributed by atoms with Crippen molar-refractivity contribution in [1.29, 1.82) is 0 Å². The van der Waals surface area contributed by atoms with E-state index in [0.29, 0.717) is 13.0 Å². The monoisotopic (exact) mass is 300 g/mol. The maximum absolute atomic E-state index is 12.0. The fourth-order valence-corrected chi connectivity index (χ4v) is 1.84. The van der Waals surface area contributed by atoms with Gasteiger partial charge in [0.05, 0.1) is 0 Å². The highest BCUT2D eigenvalue weighted by Crippen LogP contribution is 2.15. The van der Waals surface area contributed by atoms with Crippen LogP contribution in [0.1, 0.15) is 23.2 Å². The molecule has 21 heavy (non-hydrogen) atoms. The van der Waals surface area contributed by atoms with Gasteiger partial charge in [0.15, 0.2) is 0 Å². The first-order valence-electron chi connectivity index (χ1n) is 6.33. The minimum absolute atomic E-state index is 0.0510. The van der Waals surface area contributed by atoms with Crippen LogP contribution in [0.2, 0.25) is 0 Å². The number of alkyl halides is 2. The Labute approximate surface area is 119 Å². The zero-order chi connectivity index (χ0) is 15.2. The first-order valence-corrected chi connectivity index (χ1v) is 6.33. The molecule has 1 aliphatic heterocycles. The van der Waals surface area contributed by atoms with Crippen molar-refractivity contribution >= 4 is 11.8 Å². The largest absolute Gasteiger partial charge is 0.435 e. The Morgan fingerprint density at radius 1 is 1.24 bits per heavy atom. The van der Waals surface area contributed by atoms with Gasteiger partial charge >= 0.3 is 6.61 Å². The first kappa shape index (κ1) is 15.2. The highest BCUT2D eigenvalue weighted by atomic mass is 19.3. The third-order valence-electron chi connectivity index (χ3n) is 2.86. The van der Waals surface area contributed by atoms with E-state index in [-0.39, 0.29) is 11.3 Å². The molecule has 8 heteroatoms. The molecule has 1 fully saturated rings. The molecule has 1 atom stereocenters. The smallest absolute Gasteiger partial charge is 0.387 e. The molecule has 1 aromatic carbocycles. The van der Waals surface area contributed by atoms with Crippen LogP contribution >= 0.6 is 0 Å². The number of hydrogen-bond acceptors (Lipinski definition) is 4. The molecule has 0 radical (unpaired) electrons. The second kappa shape index (κ2) is 6.98. The molecule has 1 unspecified atom stereocenters. The van der Waals surface area contributed by atoms with Crippen molar-refractivity contribution in [3.8, 4) is 5.75 Å². The molecule has 0 bridgehead atoms. The topological polar surface area (TPSA) is 76.7 Å². The number of carbonyl (C=O) groups is 2. The molecule has 0 saturated carbocycles. The van der Waals surface area contributed by atoms with E-state index in [1.165, 1.54) is 24.3 Å². The normalized spacial score (nSPS) is 17.6. The van der Waals surface area contributed by atoms with Crippen molar-refractivity contribution in [3.05, 3.63) is 29.8 Å². The average molecular weight is 300 g/mol. The van der Waals surface area contributed by atoms with Gasteiger partial charge < -0.3 is 9.47 Å². The van der Waals surface area contributed by atoms with Gasteiger partial charge in [0, 0.05) is 12.2 Å². The Kier molecular flexibility index (Phi) is 5.04. The van der Waals surface area contributed by atoms with E-state index in [2.05, 4.69) is 15.6 Å². The lowest BCUT2D eigenvalue weighted by Crippen LogP contribution is -2.46. The lowest BCUT2D eigenvalue weighted by Gasteiger charge is -2.11. The summed E-state index contributed by atoms with van der Waals surface area (Å²) in [4.78, 5) is 23.3. The number of benzene rings is 1. The third-order valence-corrected chi connectivity index (χ3v) is 2.86. The fraction of sp³-hybridized carbons (Fsp3) is 0.385. The zero-order valence-corrected chi connectivity index (χ0v) is 11.0. The number of hydrogen-bond donors (Lipinski definition) is 2. The highest BCUT2D eigenvalue weighted by Gasteiger charge is 2.23. The molecule has 1 aromatic rings. The van der Waals surface area contributed by atoms with Crippen molar-refractivity contribution < 1.29 is 27.8 Å². The SMILES string of the molecule is O=C(NNC(=O)C1CCCO1)c1ccc(OC(F)F)cc1. The van der Waals surface area contributed by atoms with Gasteiger partial charge in [0.25, 0.3) is 11.8 Å². The van der Waals surface area contributed by atoms with Gasteiger partial charge in [-0.25, -0.2) is 0 Å². The van der Waals surface area contributed by atoms with E-state index >= 15 is 0 Å². The van der Waals surface area contributed by atoms with Gasteiger partial charge in [-0.3, -0.25) is 20.4 Å². The number of hydrazine groups is 1. The van der Waals surface area contributed by atoms with Crippen LogP contribution in [0.3, 0.4) is 0 Å². The summed E-state index contributed by atoms with van der Waals surface area (Å²) in [7, 11) is 0. The van der Waals surface area contributed by atoms with E-state index in [9.17, 15) is 18.4 Å². The Morgan fingerprint density at radius 3 is 2.52 bits per heavy atom. The minimum atomic E-state index is -2.92. The van der Waals surface area contributed by atoms with Gasteiger partial charge in [-0.2, -0.15) is 8.78 Å². The summed E-state index contributed by atoms with van der Waals surface area (Å²) in [6.45, 7) is -2.40. The molecule has 1 heterocycles. The quantitative estimate of drug-likeness (QED) is 0.820. The number of ether oxygens (including phenoxy) is 2. The Bertz CT molecular complexity index is 501. The summed E-state index contributed by atoms with van der Waals surface area (Å²) in [5, 5.41) is 0. The number of halogens is 2. The van der Waals surface area contributed by atoms with E-state index in [1.54, 1.807) is 0 Å². The van der Waals surface area contributed by atoms with Crippen LogP contribution in [0.5, 0.6) is 5.75 Å². The van der Waals surface area contributed by atoms with Crippen molar-refractivity contribution in [3.63, 3.8) is 0 Å². The molecule has 6 nitrogen and oxygen atoms in total. The Hall–Kier alpha value is -2.22. The molecular formula is C13H14F2N2O4. The van der Waals surface area contributed by atoms with Gasteiger partial charge in [-0.1, -0.05) is 0 Å². The predicted molar refractivity (Wildman–Crippen MR) is 67.7 cm³/mol.